The molecule has 1 aromatic rings. The topological polar surface area (TPSA) is 58.4 Å². The quantitative estimate of drug-likeness (QED) is 0.456. The van der Waals surface area contributed by atoms with Crippen LogP contribution in [0, 0.1) is 5.92 Å². The van der Waals surface area contributed by atoms with Crippen LogP contribution in [0.2, 0.25) is 0 Å². The van der Waals surface area contributed by atoms with Crippen LogP contribution in [0.5, 0.6) is 0 Å². The Kier molecular flexibility index (Phi) is 6.68. The molecule has 0 heterocycles. The number of carbonyl (C=O) groups is 1. The summed E-state index contributed by atoms with van der Waals surface area (Å²) in [4.78, 5) is 13.7. The van der Waals surface area contributed by atoms with Gasteiger partial charge in [0, 0.05) is 19.1 Å². The highest BCUT2D eigenvalue weighted by Crippen LogP contribution is 2.12. The first-order valence-electron chi connectivity index (χ1n) is 7.23. The molecule has 0 aromatic heterocycles. The zero-order valence-electron chi connectivity index (χ0n) is 13.0. The smallest absolute Gasteiger partial charge is 0.238 e. The van der Waals surface area contributed by atoms with Crippen molar-refractivity contribution < 1.29 is 4.79 Å². The Morgan fingerprint density at radius 3 is 2.15 bits per heavy atom. The minimum atomic E-state index is -0.165. The molecule has 0 aliphatic rings. The van der Waals surface area contributed by atoms with Crippen LogP contribution >= 0.6 is 0 Å². The molecule has 0 spiro atoms. The summed E-state index contributed by atoms with van der Waals surface area (Å²) in [5, 5.41) is 0. The number of nitrogens with one attached hydrogen (secondary N) is 1. The molecular weight excluding hydrogens is 250 g/mol. The Hall–Kier alpha value is -1.39. The second kappa shape index (κ2) is 8.02. The van der Waals surface area contributed by atoms with Crippen molar-refractivity contribution >= 4 is 5.91 Å². The normalized spacial score (nSPS) is 11.4. The third-order valence-corrected chi connectivity index (χ3v) is 3.26. The van der Waals surface area contributed by atoms with Crippen molar-refractivity contribution in [2.45, 2.75) is 46.7 Å². The van der Waals surface area contributed by atoms with Gasteiger partial charge in [0.25, 0.3) is 0 Å². The summed E-state index contributed by atoms with van der Waals surface area (Å²) < 4.78 is 0. The van der Waals surface area contributed by atoms with Gasteiger partial charge < -0.3 is 0 Å². The van der Waals surface area contributed by atoms with Crippen LogP contribution in [-0.2, 0) is 17.8 Å². The van der Waals surface area contributed by atoms with E-state index in [4.69, 9.17) is 5.84 Å². The predicted octanol–water partition coefficient (Wildman–Crippen LogP) is 2.09. The molecular formula is C16H27N3O. The van der Waals surface area contributed by atoms with Crippen LogP contribution in [0.15, 0.2) is 24.3 Å². The molecule has 0 fully saturated rings. The van der Waals surface area contributed by atoms with Gasteiger partial charge >= 0.3 is 0 Å². The van der Waals surface area contributed by atoms with Gasteiger partial charge in [0.2, 0.25) is 5.91 Å². The Labute approximate surface area is 122 Å². The van der Waals surface area contributed by atoms with Gasteiger partial charge in [0.15, 0.2) is 0 Å². The summed E-state index contributed by atoms with van der Waals surface area (Å²) in [7, 11) is 0. The summed E-state index contributed by atoms with van der Waals surface area (Å²) in [6.45, 7) is 11.0. The van der Waals surface area contributed by atoms with Gasteiger partial charge in [-0.2, -0.15) is 0 Å². The summed E-state index contributed by atoms with van der Waals surface area (Å²) >= 11 is 0. The van der Waals surface area contributed by atoms with Gasteiger partial charge in [-0.05, 0) is 30.9 Å². The number of hydrogen-bond acceptors (Lipinski definition) is 3. The number of nitrogens with zero attached hydrogens (tertiary/aromatic N) is 1. The van der Waals surface area contributed by atoms with Crippen molar-refractivity contribution in [1.82, 2.24) is 10.3 Å². The molecule has 0 saturated carbocycles. The summed E-state index contributed by atoms with van der Waals surface area (Å²) in [6.07, 6.45) is 0.330. The number of amides is 1. The van der Waals surface area contributed by atoms with Crippen molar-refractivity contribution in [2.75, 3.05) is 6.54 Å². The van der Waals surface area contributed by atoms with E-state index >= 15 is 0 Å². The second-order valence-electron chi connectivity index (χ2n) is 5.98. The number of hydrogen-bond donors (Lipinski definition) is 2. The van der Waals surface area contributed by atoms with Gasteiger partial charge in [0.1, 0.15) is 0 Å². The fourth-order valence-corrected chi connectivity index (χ4v) is 2.16. The maximum Gasteiger partial charge on any atom is 0.238 e. The summed E-state index contributed by atoms with van der Waals surface area (Å²) in [6, 6.07) is 8.71. The minimum absolute atomic E-state index is 0.165. The zero-order chi connectivity index (χ0) is 15.1. The third-order valence-electron chi connectivity index (χ3n) is 3.26. The number of rotatable bonds is 7. The number of carbonyl (C=O) groups excluding carboxylic acids is 1. The lowest BCUT2D eigenvalue weighted by molar-refractivity contribution is -0.120. The third kappa shape index (κ3) is 5.72. The van der Waals surface area contributed by atoms with Gasteiger partial charge in [-0.3, -0.25) is 15.1 Å². The lowest BCUT2D eigenvalue weighted by Crippen LogP contribution is -2.33. The number of nitrogens with two attached hydrogens (primary N) is 1. The first-order valence-corrected chi connectivity index (χ1v) is 7.23. The van der Waals surface area contributed by atoms with E-state index in [9.17, 15) is 4.79 Å². The van der Waals surface area contributed by atoms with E-state index in [0.717, 1.165) is 18.7 Å². The van der Waals surface area contributed by atoms with Crippen LogP contribution in [0.3, 0.4) is 0 Å². The summed E-state index contributed by atoms with van der Waals surface area (Å²) in [5.74, 6) is 5.58. The van der Waals surface area contributed by atoms with Crippen LogP contribution in [0.4, 0.5) is 0 Å². The lowest BCUT2D eigenvalue weighted by Gasteiger charge is -2.28. The van der Waals surface area contributed by atoms with Crippen LogP contribution in [0.1, 0.15) is 38.8 Å². The van der Waals surface area contributed by atoms with E-state index in [1.165, 1.54) is 5.56 Å². The molecule has 1 rings (SSSR count). The molecule has 0 radical (unpaired) electrons. The Morgan fingerprint density at radius 2 is 1.70 bits per heavy atom. The first kappa shape index (κ1) is 16.7. The molecule has 0 unspecified atom stereocenters. The van der Waals surface area contributed by atoms with Crippen LogP contribution in [-0.4, -0.2) is 23.4 Å². The zero-order valence-corrected chi connectivity index (χ0v) is 13.0. The highest BCUT2D eigenvalue weighted by atomic mass is 16.2. The molecule has 0 aliphatic heterocycles. The van der Waals surface area contributed by atoms with Gasteiger partial charge in [-0.25, -0.2) is 5.84 Å². The maximum absolute atomic E-state index is 11.2. The van der Waals surface area contributed by atoms with Gasteiger partial charge in [-0.15, -0.1) is 0 Å². The largest absolute Gasteiger partial charge is 0.296 e. The lowest BCUT2D eigenvalue weighted by atomic mass is 10.1. The fraction of sp³-hybridized carbons (Fsp3) is 0.562. The van der Waals surface area contributed by atoms with E-state index in [0.29, 0.717) is 18.4 Å². The average molecular weight is 277 g/mol. The Bertz CT molecular complexity index is 412. The Balaban J connectivity index is 2.65. The highest BCUT2D eigenvalue weighted by Gasteiger charge is 2.12. The summed E-state index contributed by atoms with van der Waals surface area (Å²) in [5.41, 5.74) is 4.41. The molecule has 0 bridgehead atoms. The average Bonchev–Trinajstić information content (AvgIpc) is 2.39. The van der Waals surface area contributed by atoms with Gasteiger partial charge in [-0.1, -0.05) is 38.1 Å². The van der Waals surface area contributed by atoms with E-state index in [1.54, 1.807) is 0 Å². The monoisotopic (exact) mass is 277 g/mol. The van der Waals surface area contributed by atoms with Crippen LogP contribution in [0.25, 0.3) is 0 Å². The second-order valence-corrected chi connectivity index (χ2v) is 5.98. The van der Waals surface area contributed by atoms with E-state index in [2.05, 4.69) is 50.2 Å². The van der Waals surface area contributed by atoms with E-state index in [1.807, 2.05) is 12.1 Å². The predicted molar refractivity (Wildman–Crippen MR) is 82.9 cm³/mol. The van der Waals surface area contributed by atoms with Crippen molar-refractivity contribution in [3.05, 3.63) is 35.4 Å². The number of hydrazine groups is 1. The van der Waals surface area contributed by atoms with Crippen molar-refractivity contribution in [2.24, 2.45) is 11.8 Å². The van der Waals surface area contributed by atoms with Gasteiger partial charge in [0.05, 0.1) is 6.42 Å². The first-order chi connectivity index (χ1) is 9.42. The molecule has 112 valence electrons. The molecule has 0 saturated heterocycles. The van der Waals surface area contributed by atoms with Crippen molar-refractivity contribution in [3.63, 3.8) is 0 Å². The molecule has 3 N–H and O–H groups in total. The molecule has 4 nitrogen and oxygen atoms in total. The standard InChI is InChI=1S/C16H27N3O/c1-12(2)10-19(13(3)4)11-15-7-5-14(6-8-15)9-16(20)18-17/h5-8,12-13H,9-11,17H2,1-4H3,(H,18,20). The molecule has 4 heteroatoms. The molecule has 20 heavy (non-hydrogen) atoms. The number of benzene rings is 1. The van der Waals surface area contributed by atoms with Crippen LogP contribution < -0.4 is 11.3 Å². The molecule has 1 aromatic carbocycles. The van der Waals surface area contributed by atoms with E-state index < -0.39 is 0 Å². The molecule has 0 aliphatic carbocycles. The van der Waals surface area contributed by atoms with E-state index in [-0.39, 0.29) is 5.91 Å². The highest BCUT2D eigenvalue weighted by molar-refractivity contribution is 5.77. The Morgan fingerprint density at radius 1 is 1.15 bits per heavy atom. The fourth-order valence-electron chi connectivity index (χ4n) is 2.16. The van der Waals surface area contributed by atoms with Crippen molar-refractivity contribution in [1.29, 1.82) is 0 Å². The SMILES string of the molecule is CC(C)CN(Cc1ccc(CC(=O)NN)cc1)C(C)C. The maximum atomic E-state index is 11.2. The molecule has 0 atom stereocenters. The minimum Gasteiger partial charge on any atom is -0.296 e. The van der Waals surface area contributed by atoms with Crippen molar-refractivity contribution in [3.8, 4) is 0 Å². The molecule has 1 amide bonds.